The Morgan fingerprint density at radius 3 is 2.06 bits per heavy atom. The smallest absolute Gasteiger partial charge is 0.213 e. The van der Waals surface area contributed by atoms with Gasteiger partial charge in [0.2, 0.25) is 3.79 Å². The maximum Gasteiger partial charge on any atom is 0.213 e. The highest BCUT2D eigenvalue weighted by molar-refractivity contribution is 6.67. The van der Waals surface area contributed by atoms with E-state index in [2.05, 4.69) is 20.8 Å². The van der Waals surface area contributed by atoms with Gasteiger partial charge in [0.1, 0.15) is 0 Å². The molecule has 1 unspecified atom stereocenters. The highest BCUT2D eigenvalue weighted by Crippen LogP contribution is 2.31. The van der Waals surface area contributed by atoms with Crippen molar-refractivity contribution in [1.82, 2.24) is 0 Å². The molecule has 0 aliphatic rings. The van der Waals surface area contributed by atoms with Gasteiger partial charge in [0, 0.05) is 0 Å². The van der Waals surface area contributed by atoms with Gasteiger partial charge in [-0.3, -0.25) is 0 Å². The molecule has 1 atom stereocenters. The maximum absolute atomic E-state index is 5.73. The minimum absolute atomic E-state index is 0.155. The van der Waals surface area contributed by atoms with Gasteiger partial charge in [-0.2, -0.15) is 0 Å². The van der Waals surface area contributed by atoms with Gasteiger partial charge in [0.15, 0.2) is 0 Å². The zero-order valence-corrected chi connectivity index (χ0v) is 12.8. The fourth-order valence-electron chi connectivity index (χ4n) is 1.53. The summed E-state index contributed by atoms with van der Waals surface area (Å²) in [6.07, 6.45) is 6.94. The van der Waals surface area contributed by atoms with E-state index in [4.69, 9.17) is 39.5 Å². The topological polar surface area (TPSA) is 9.23 Å². The van der Waals surface area contributed by atoms with Crippen LogP contribution in [0.4, 0.5) is 0 Å². The van der Waals surface area contributed by atoms with Crippen LogP contribution in [0.25, 0.3) is 0 Å². The summed E-state index contributed by atoms with van der Waals surface area (Å²) in [5.41, 5.74) is -0.155. The molecule has 0 fully saturated rings. The summed E-state index contributed by atoms with van der Waals surface area (Å²) < 4.78 is 4.42. The van der Waals surface area contributed by atoms with Crippen molar-refractivity contribution in [3.8, 4) is 0 Å². The van der Waals surface area contributed by atoms with Crippen LogP contribution in [0.3, 0.4) is 0 Å². The van der Waals surface area contributed by atoms with E-state index in [-0.39, 0.29) is 12.2 Å². The average molecular weight is 290 g/mol. The summed E-state index contributed by atoms with van der Waals surface area (Å²) in [5, 5.41) is 0. The van der Waals surface area contributed by atoms with E-state index in [0.717, 1.165) is 12.8 Å². The predicted molar refractivity (Wildman–Crippen MR) is 73.7 cm³/mol. The zero-order chi connectivity index (χ0) is 12.7. The van der Waals surface area contributed by atoms with E-state index >= 15 is 0 Å². The minimum Gasteiger partial charge on any atom is -0.371 e. The molecule has 0 bridgehead atoms. The van der Waals surface area contributed by atoms with Gasteiger partial charge in [0.25, 0.3) is 0 Å². The Labute approximate surface area is 115 Å². The largest absolute Gasteiger partial charge is 0.371 e. The Bertz CT molecular complexity index is 180. The van der Waals surface area contributed by atoms with E-state index in [1.54, 1.807) is 0 Å². The normalized spacial score (nSPS) is 16.1. The van der Waals surface area contributed by atoms with Crippen molar-refractivity contribution < 1.29 is 4.74 Å². The average Bonchev–Trinajstić information content (AvgIpc) is 2.21. The molecule has 0 aliphatic carbocycles. The van der Waals surface area contributed by atoms with Gasteiger partial charge in [-0.1, -0.05) is 74.3 Å². The molecule has 0 heterocycles. The number of ether oxygens (including phenoxy) is 1. The van der Waals surface area contributed by atoms with Crippen molar-refractivity contribution in [2.24, 2.45) is 0 Å². The molecule has 0 radical (unpaired) electrons. The predicted octanol–water partition coefficient (Wildman–Crippen LogP) is 5.51. The fraction of sp³-hybridized carbons (Fsp3) is 1.00. The second kappa shape index (κ2) is 8.02. The Morgan fingerprint density at radius 1 is 1.00 bits per heavy atom. The second-order valence-electron chi connectivity index (χ2n) is 4.52. The molecule has 0 aromatic carbocycles. The number of unbranched alkanes of at least 4 members (excludes halogenated alkanes) is 3. The van der Waals surface area contributed by atoms with Crippen LogP contribution in [0.1, 0.15) is 59.3 Å². The van der Waals surface area contributed by atoms with Crippen LogP contribution in [0.5, 0.6) is 0 Å². The Balaban J connectivity index is 3.91. The van der Waals surface area contributed by atoms with E-state index in [1.807, 2.05) is 0 Å². The molecule has 0 saturated heterocycles. The molecule has 0 aromatic heterocycles. The first-order valence-corrected chi connectivity index (χ1v) is 7.17. The van der Waals surface area contributed by atoms with Crippen LogP contribution >= 0.6 is 34.8 Å². The lowest BCUT2D eigenvalue weighted by atomic mass is 9.95. The summed E-state index contributed by atoms with van der Waals surface area (Å²) >= 11 is 17.1. The van der Waals surface area contributed by atoms with Crippen molar-refractivity contribution in [2.75, 3.05) is 6.61 Å². The third-order valence-corrected chi connectivity index (χ3v) is 3.22. The van der Waals surface area contributed by atoms with Gasteiger partial charge >= 0.3 is 0 Å². The molecular weight excluding hydrogens is 266 g/mol. The SMILES string of the molecule is CCCCCCC(C)(CC)OCC(Cl)(Cl)Cl. The molecule has 0 saturated carbocycles. The number of hydrogen-bond acceptors (Lipinski definition) is 1. The lowest BCUT2D eigenvalue weighted by Gasteiger charge is -2.30. The van der Waals surface area contributed by atoms with Crippen LogP contribution in [-0.4, -0.2) is 16.0 Å². The lowest BCUT2D eigenvalue weighted by molar-refractivity contribution is -0.0395. The van der Waals surface area contributed by atoms with Gasteiger partial charge in [-0.15, -0.1) is 0 Å². The first-order valence-electron chi connectivity index (χ1n) is 6.03. The van der Waals surface area contributed by atoms with E-state index in [0.29, 0.717) is 0 Å². The van der Waals surface area contributed by atoms with Gasteiger partial charge < -0.3 is 4.74 Å². The van der Waals surface area contributed by atoms with Crippen molar-refractivity contribution in [3.63, 3.8) is 0 Å². The number of alkyl halides is 3. The molecule has 98 valence electrons. The van der Waals surface area contributed by atoms with Gasteiger partial charge in [0.05, 0.1) is 12.2 Å². The highest BCUT2D eigenvalue weighted by atomic mass is 35.6. The molecule has 0 aliphatic heterocycles. The summed E-state index contributed by atoms with van der Waals surface area (Å²) in [7, 11) is 0. The van der Waals surface area contributed by atoms with Crippen LogP contribution in [0.15, 0.2) is 0 Å². The molecule has 1 nitrogen and oxygen atoms in total. The number of halogens is 3. The number of rotatable bonds is 8. The molecule has 4 heteroatoms. The highest BCUT2D eigenvalue weighted by Gasteiger charge is 2.28. The monoisotopic (exact) mass is 288 g/mol. The molecule has 0 amide bonds. The maximum atomic E-state index is 5.73. The molecule has 16 heavy (non-hydrogen) atoms. The third kappa shape index (κ3) is 8.92. The van der Waals surface area contributed by atoms with Crippen molar-refractivity contribution >= 4 is 34.8 Å². The van der Waals surface area contributed by atoms with Crippen LogP contribution in [-0.2, 0) is 4.74 Å². The summed E-state index contributed by atoms with van der Waals surface area (Å²) in [6, 6.07) is 0. The molecule has 0 rings (SSSR count). The first-order chi connectivity index (χ1) is 7.33. The second-order valence-corrected chi connectivity index (χ2v) is 7.03. The van der Waals surface area contributed by atoms with Gasteiger partial charge in [-0.05, 0) is 19.8 Å². The van der Waals surface area contributed by atoms with Gasteiger partial charge in [-0.25, -0.2) is 0 Å². The standard InChI is InChI=1S/C12H23Cl3O/c1-4-6-7-8-9-11(3,5-2)16-10-12(13,14)15/h4-10H2,1-3H3. The van der Waals surface area contributed by atoms with E-state index in [9.17, 15) is 0 Å². The quantitative estimate of drug-likeness (QED) is 0.423. The van der Waals surface area contributed by atoms with Crippen molar-refractivity contribution in [3.05, 3.63) is 0 Å². The first kappa shape index (κ1) is 16.8. The molecule has 0 spiro atoms. The minimum atomic E-state index is -1.31. The number of hydrogen-bond donors (Lipinski definition) is 0. The summed E-state index contributed by atoms with van der Waals surface area (Å²) in [4.78, 5) is 0. The lowest BCUT2D eigenvalue weighted by Crippen LogP contribution is -2.31. The fourth-order valence-corrected chi connectivity index (χ4v) is 1.70. The third-order valence-electron chi connectivity index (χ3n) is 2.89. The van der Waals surface area contributed by atoms with Crippen molar-refractivity contribution in [1.29, 1.82) is 0 Å². The van der Waals surface area contributed by atoms with Crippen LogP contribution in [0, 0.1) is 0 Å². The summed E-state index contributed by atoms with van der Waals surface area (Å²) in [6.45, 7) is 6.57. The molecule has 0 aromatic rings. The zero-order valence-electron chi connectivity index (χ0n) is 10.5. The Morgan fingerprint density at radius 2 is 1.62 bits per heavy atom. The Hall–Kier alpha value is 0.830. The van der Waals surface area contributed by atoms with E-state index < -0.39 is 3.79 Å². The van der Waals surface area contributed by atoms with Crippen LogP contribution < -0.4 is 0 Å². The van der Waals surface area contributed by atoms with Crippen molar-refractivity contribution in [2.45, 2.75) is 68.7 Å². The van der Waals surface area contributed by atoms with E-state index in [1.165, 1.54) is 25.7 Å². The van der Waals surface area contributed by atoms with Crippen LogP contribution in [0.2, 0.25) is 0 Å². The molecule has 0 N–H and O–H groups in total. The Kier molecular flexibility index (Phi) is 8.44. The molecular formula is C12H23Cl3O. The summed E-state index contributed by atoms with van der Waals surface area (Å²) in [5.74, 6) is 0.